The molecule has 2 amide bonds. The molecule has 1 aliphatic heterocycles. The van der Waals surface area contributed by atoms with E-state index in [1.165, 1.54) is 0 Å². The first kappa shape index (κ1) is 21.4. The van der Waals surface area contributed by atoms with Crippen LogP contribution in [0.1, 0.15) is 32.6 Å². The zero-order chi connectivity index (χ0) is 21.0. The highest BCUT2D eigenvalue weighted by molar-refractivity contribution is 9.10. The SMILES string of the molecule is CC1CCCC2(C1)C(C#N)=C(SCC(=O)Nc1ccc(Br)cc1)NC(=O)C2C#N. The summed E-state index contributed by atoms with van der Waals surface area (Å²) in [6.45, 7) is 2.09. The molecular weight excluding hydrogens is 452 g/mol. The van der Waals surface area contributed by atoms with Gasteiger partial charge in [0, 0.05) is 15.6 Å². The van der Waals surface area contributed by atoms with Crippen LogP contribution in [0.15, 0.2) is 39.3 Å². The molecule has 1 heterocycles. The standard InChI is InChI=1S/C21H21BrN4O2S/c1-13-3-2-8-21(9-13)16(10-23)19(28)26-20(17(21)11-24)29-12-18(27)25-15-6-4-14(22)5-7-15/h4-7,13,16H,2-3,8-9,12H2,1H3,(H,25,27)(H,26,28). The summed E-state index contributed by atoms with van der Waals surface area (Å²) in [5, 5.41) is 25.5. The molecule has 8 heteroatoms. The van der Waals surface area contributed by atoms with Gasteiger partial charge in [-0.25, -0.2) is 0 Å². The molecule has 3 rings (SSSR count). The smallest absolute Gasteiger partial charge is 0.243 e. The van der Waals surface area contributed by atoms with E-state index in [4.69, 9.17) is 0 Å². The molecule has 1 aromatic rings. The fourth-order valence-corrected chi connectivity index (χ4v) is 5.45. The van der Waals surface area contributed by atoms with Gasteiger partial charge in [0.2, 0.25) is 11.8 Å². The summed E-state index contributed by atoms with van der Waals surface area (Å²) in [5.41, 5.74) is 0.355. The van der Waals surface area contributed by atoms with E-state index in [1.54, 1.807) is 12.1 Å². The highest BCUT2D eigenvalue weighted by Crippen LogP contribution is 2.53. The number of carbonyl (C=O) groups is 2. The van der Waals surface area contributed by atoms with E-state index in [2.05, 4.69) is 45.6 Å². The first-order valence-corrected chi connectivity index (χ1v) is 11.2. The van der Waals surface area contributed by atoms with Crippen molar-refractivity contribution in [3.8, 4) is 12.1 Å². The van der Waals surface area contributed by atoms with E-state index in [0.29, 0.717) is 35.0 Å². The zero-order valence-corrected chi connectivity index (χ0v) is 18.4. The number of nitrogens with zero attached hydrogens (tertiary/aromatic N) is 2. The molecule has 2 N–H and O–H groups in total. The largest absolute Gasteiger partial charge is 0.325 e. The number of thioether (sulfide) groups is 1. The number of benzene rings is 1. The average molecular weight is 473 g/mol. The molecule has 150 valence electrons. The zero-order valence-electron chi connectivity index (χ0n) is 16.0. The van der Waals surface area contributed by atoms with E-state index in [1.807, 2.05) is 12.1 Å². The highest BCUT2D eigenvalue weighted by Gasteiger charge is 2.52. The van der Waals surface area contributed by atoms with Gasteiger partial charge in [0.1, 0.15) is 5.92 Å². The van der Waals surface area contributed by atoms with Gasteiger partial charge in [0.15, 0.2) is 0 Å². The van der Waals surface area contributed by atoms with E-state index < -0.39 is 11.3 Å². The van der Waals surface area contributed by atoms with Crippen molar-refractivity contribution in [3.05, 3.63) is 39.3 Å². The Morgan fingerprint density at radius 3 is 2.72 bits per heavy atom. The Labute approximate surface area is 182 Å². The first-order valence-electron chi connectivity index (χ1n) is 9.43. The van der Waals surface area contributed by atoms with Crippen molar-refractivity contribution in [2.75, 3.05) is 11.1 Å². The van der Waals surface area contributed by atoms with Gasteiger partial charge < -0.3 is 10.6 Å². The fraction of sp³-hybridized carbons (Fsp3) is 0.429. The second-order valence-corrected chi connectivity index (χ2v) is 9.47. The number of allylic oxidation sites excluding steroid dienone is 1. The average Bonchev–Trinajstić information content (AvgIpc) is 2.68. The molecule has 3 unspecified atom stereocenters. The van der Waals surface area contributed by atoms with Gasteiger partial charge >= 0.3 is 0 Å². The second kappa shape index (κ2) is 9.02. The third-order valence-corrected chi connectivity index (χ3v) is 7.06. The number of nitrogens with one attached hydrogen (secondary N) is 2. The van der Waals surface area contributed by atoms with Crippen molar-refractivity contribution >= 4 is 45.2 Å². The van der Waals surface area contributed by atoms with Crippen LogP contribution < -0.4 is 10.6 Å². The molecule has 2 aliphatic rings. The minimum atomic E-state index is -0.874. The predicted octanol–water partition coefficient (Wildman–Crippen LogP) is 4.32. The van der Waals surface area contributed by atoms with Gasteiger partial charge in [-0.2, -0.15) is 10.5 Å². The Morgan fingerprint density at radius 1 is 1.38 bits per heavy atom. The number of hydrogen-bond acceptors (Lipinski definition) is 5. The Kier molecular flexibility index (Phi) is 6.66. The van der Waals surface area contributed by atoms with E-state index in [9.17, 15) is 20.1 Å². The third-order valence-electron chi connectivity index (χ3n) is 5.53. The van der Waals surface area contributed by atoms with Crippen molar-refractivity contribution in [1.29, 1.82) is 10.5 Å². The maximum atomic E-state index is 12.6. The van der Waals surface area contributed by atoms with E-state index >= 15 is 0 Å². The van der Waals surface area contributed by atoms with Crippen LogP contribution >= 0.6 is 27.7 Å². The minimum Gasteiger partial charge on any atom is -0.325 e. The van der Waals surface area contributed by atoms with Gasteiger partial charge in [-0.3, -0.25) is 9.59 Å². The van der Waals surface area contributed by atoms with Crippen molar-refractivity contribution in [3.63, 3.8) is 0 Å². The molecule has 0 saturated heterocycles. The molecule has 1 spiro atoms. The molecule has 6 nitrogen and oxygen atoms in total. The number of rotatable bonds is 4. The maximum Gasteiger partial charge on any atom is 0.243 e. The topological polar surface area (TPSA) is 106 Å². The lowest BCUT2D eigenvalue weighted by Gasteiger charge is -2.45. The summed E-state index contributed by atoms with van der Waals surface area (Å²) < 4.78 is 0.915. The maximum absolute atomic E-state index is 12.6. The molecule has 0 bridgehead atoms. The van der Waals surface area contributed by atoms with Crippen molar-refractivity contribution in [2.24, 2.45) is 17.3 Å². The Balaban J connectivity index is 1.81. The predicted molar refractivity (Wildman–Crippen MR) is 115 cm³/mol. The Hall–Kier alpha value is -2.29. The molecule has 0 radical (unpaired) electrons. The number of amides is 2. The van der Waals surface area contributed by atoms with Crippen molar-refractivity contribution < 1.29 is 9.59 Å². The monoisotopic (exact) mass is 472 g/mol. The van der Waals surface area contributed by atoms with E-state index in [0.717, 1.165) is 29.1 Å². The molecular formula is C21H21BrN4O2S. The Morgan fingerprint density at radius 2 is 2.10 bits per heavy atom. The lowest BCUT2D eigenvalue weighted by Crippen LogP contribution is -2.49. The summed E-state index contributed by atoms with van der Waals surface area (Å²) >= 11 is 4.49. The summed E-state index contributed by atoms with van der Waals surface area (Å²) in [4.78, 5) is 25.0. The summed E-state index contributed by atoms with van der Waals surface area (Å²) in [7, 11) is 0. The quantitative estimate of drug-likeness (QED) is 0.678. The number of carbonyl (C=O) groups excluding carboxylic acids is 2. The lowest BCUT2D eigenvalue weighted by molar-refractivity contribution is -0.127. The van der Waals surface area contributed by atoms with Gasteiger partial charge in [0.25, 0.3) is 0 Å². The van der Waals surface area contributed by atoms with Crippen molar-refractivity contribution in [2.45, 2.75) is 32.6 Å². The van der Waals surface area contributed by atoms with Crippen LogP contribution in [0.4, 0.5) is 5.69 Å². The molecule has 1 fully saturated rings. The molecule has 1 aliphatic carbocycles. The van der Waals surface area contributed by atoms with Crippen molar-refractivity contribution in [1.82, 2.24) is 5.32 Å². The summed E-state index contributed by atoms with van der Waals surface area (Å²) in [6, 6.07) is 11.6. The second-order valence-electron chi connectivity index (χ2n) is 7.57. The van der Waals surface area contributed by atoms with Gasteiger partial charge in [-0.05, 0) is 43.0 Å². The fourth-order valence-electron chi connectivity index (χ4n) is 4.27. The highest BCUT2D eigenvalue weighted by atomic mass is 79.9. The molecule has 0 aromatic heterocycles. The first-order chi connectivity index (χ1) is 13.9. The normalized spacial score (nSPS) is 26.4. The van der Waals surface area contributed by atoms with Crippen LogP contribution in [-0.2, 0) is 9.59 Å². The van der Waals surface area contributed by atoms with E-state index in [-0.39, 0.29) is 17.6 Å². The summed E-state index contributed by atoms with van der Waals surface area (Å²) in [5.74, 6) is -1.09. The molecule has 29 heavy (non-hydrogen) atoms. The molecule has 3 atom stereocenters. The molecule has 1 saturated carbocycles. The van der Waals surface area contributed by atoms with Crippen LogP contribution in [0.25, 0.3) is 0 Å². The van der Waals surface area contributed by atoms with Crippen LogP contribution in [-0.4, -0.2) is 17.6 Å². The van der Waals surface area contributed by atoms with Gasteiger partial charge in [-0.15, -0.1) is 0 Å². The van der Waals surface area contributed by atoms with Crippen LogP contribution in [0.3, 0.4) is 0 Å². The lowest BCUT2D eigenvalue weighted by atomic mass is 9.59. The summed E-state index contributed by atoms with van der Waals surface area (Å²) in [6.07, 6.45) is 3.18. The minimum absolute atomic E-state index is 0.0553. The number of hydrogen-bond donors (Lipinski definition) is 2. The van der Waals surface area contributed by atoms with Crippen LogP contribution in [0.5, 0.6) is 0 Å². The molecule has 1 aromatic carbocycles. The number of anilines is 1. The Bertz CT molecular complexity index is 931. The van der Waals surface area contributed by atoms with Gasteiger partial charge in [-0.1, -0.05) is 47.5 Å². The third kappa shape index (κ3) is 4.49. The van der Waals surface area contributed by atoms with Crippen LogP contribution in [0, 0.1) is 39.9 Å². The van der Waals surface area contributed by atoms with Gasteiger partial charge in [0.05, 0.1) is 28.5 Å². The number of nitriles is 2. The number of halogens is 1. The van der Waals surface area contributed by atoms with Crippen LogP contribution in [0.2, 0.25) is 0 Å².